The fourth-order valence-electron chi connectivity index (χ4n) is 3.79. The first-order valence-corrected chi connectivity index (χ1v) is 8.21. The van der Waals surface area contributed by atoms with E-state index in [-0.39, 0.29) is 5.78 Å². The Morgan fingerprint density at radius 1 is 1.04 bits per heavy atom. The van der Waals surface area contributed by atoms with Crippen LogP contribution in [0.3, 0.4) is 0 Å². The smallest absolute Gasteiger partial charge is 0.340 e. The van der Waals surface area contributed by atoms with Gasteiger partial charge in [-0.2, -0.15) is 0 Å². The van der Waals surface area contributed by atoms with Crippen molar-refractivity contribution in [2.24, 2.45) is 0 Å². The number of benzene rings is 2. The predicted octanol–water partition coefficient (Wildman–Crippen LogP) is 3.58. The molecule has 5 rings (SSSR count). The van der Waals surface area contributed by atoms with E-state index in [1.54, 1.807) is 42.5 Å². The van der Waals surface area contributed by atoms with E-state index in [1.165, 1.54) is 6.08 Å². The minimum Gasteiger partial charge on any atom is -0.477 e. The number of carbonyl (C=O) groups excluding carboxylic acids is 2. The lowest BCUT2D eigenvalue weighted by Crippen LogP contribution is -2.46. The number of allylic oxidation sites excluding steroid dienone is 2. The Bertz CT molecular complexity index is 1020. The molecule has 4 nitrogen and oxygen atoms in total. The molecule has 2 aliphatic heterocycles. The molecular weight excluding hydrogens is 340 g/mol. The van der Waals surface area contributed by atoms with Crippen molar-refractivity contribution in [3.63, 3.8) is 0 Å². The number of hydrogen-bond donors (Lipinski definition) is 0. The van der Waals surface area contributed by atoms with Crippen molar-refractivity contribution >= 4 is 23.4 Å². The lowest BCUT2D eigenvalue weighted by atomic mass is 9.73. The van der Waals surface area contributed by atoms with E-state index in [1.807, 2.05) is 12.1 Å². The highest BCUT2D eigenvalue weighted by Crippen LogP contribution is 2.55. The third-order valence-corrected chi connectivity index (χ3v) is 5.06. The average Bonchev–Trinajstić information content (AvgIpc) is 2.91. The molecule has 5 heteroatoms. The molecule has 3 aliphatic rings. The first kappa shape index (κ1) is 14.5. The van der Waals surface area contributed by atoms with E-state index >= 15 is 0 Å². The van der Waals surface area contributed by atoms with Crippen molar-refractivity contribution in [3.05, 3.63) is 88.0 Å². The van der Waals surface area contributed by atoms with Crippen molar-refractivity contribution in [3.8, 4) is 5.75 Å². The van der Waals surface area contributed by atoms with Crippen molar-refractivity contribution in [1.29, 1.82) is 0 Å². The predicted molar refractivity (Wildman–Crippen MR) is 90.7 cm³/mol. The number of ketones is 1. The van der Waals surface area contributed by atoms with Gasteiger partial charge in [-0.25, -0.2) is 4.79 Å². The quantitative estimate of drug-likeness (QED) is 0.681. The number of halogens is 1. The minimum atomic E-state index is -1.20. The summed E-state index contributed by atoms with van der Waals surface area (Å²) in [5.41, 5.74) is 1.21. The van der Waals surface area contributed by atoms with Gasteiger partial charge in [0.1, 0.15) is 5.75 Å². The van der Waals surface area contributed by atoms with Gasteiger partial charge in [-0.3, -0.25) is 4.79 Å². The Labute approximate surface area is 148 Å². The van der Waals surface area contributed by atoms with E-state index in [0.29, 0.717) is 33.0 Å². The molecule has 122 valence electrons. The van der Waals surface area contributed by atoms with Crippen LogP contribution >= 0.6 is 11.6 Å². The van der Waals surface area contributed by atoms with Crippen LogP contribution in [0.2, 0.25) is 5.02 Å². The van der Waals surface area contributed by atoms with Crippen LogP contribution in [0.25, 0.3) is 0 Å². The summed E-state index contributed by atoms with van der Waals surface area (Å²) in [6.45, 7) is 0. The minimum absolute atomic E-state index is 0.182. The summed E-state index contributed by atoms with van der Waals surface area (Å²) in [5.74, 6) is -0.123. The zero-order valence-electron chi connectivity index (χ0n) is 12.9. The van der Waals surface area contributed by atoms with Crippen LogP contribution in [-0.4, -0.2) is 17.9 Å². The molecule has 2 heterocycles. The van der Waals surface area contributed by atoms with Gasteiger partial charge < -0.3 is 9.47 Å². The lowest BCUT2D eigenvalue weighted by Gasteiger charge is -2.41. The second-order valence-electron chi connectivity index (χ2n) is 6.14. The summed E-state index contributed by atoms with van der Waals surface area (Å²) in [4.78, 5) is 25.0. The highest BCUT2D eigenvalue weighted by molar-refractivity contribution is 6.30. The fourth-order valence-corrected chi connectivity index (χ4v) is 3.96. The summed E-state index contributed by atoms with van der Waals surface area (Å²) in [6.07, 6.45) is 4.08. The van der Waals surface area contributed by atoms with Crippen LogP contribution in [-0.2, 0) is 15.1 Å². The summed E-state index contributed by atoms with van der Waals surface area (Å²) in [6, 6.07) is 12.3. The van der Waals surface area contributed by atoms with Gasteiger partial charge in [-0.1, -0.05) is 42.0 Å². The second-order valence-corrected chi connectivity index (χ2v) is 6.57. The lowest BCUT2D eigenvalue weighted by molar-refractivity contribution is -0.121. The van der Waals surface area contributed by atoms with Crippen LogP contribution in [0.15, 0.2) is 66.3 Å². The van der Waals surface area contributed by atoms with E-state index in [4.69, 9.17) is 21.1 Å². The number of ether oxygens (including phenoxy) is 2. The maximum Gasteiger partial charge on any atom is 0.340 e. The topological polar surface area (TPSA) is 52.6 Å². The van der Waals surface area contributed by atoms with Gasteiger partial charge in [-0.15, -0.1) is 0 Å². The van der Waals surface area contributed by atoms with Crippen molar-refractivity contribution in [2.45, 2.75) is 11.7 Å². The zero-order valence-corrected chi connectivity index (χ0v) is 13.6. The Hall–Kier alpha value is -2.85. The molecule has 2 aromatic carbocycles. The monoisotopic (exact) mass is 350 g/mol. The largest absolute Gasteiger partial charge is 0.477 e. The first-order chi connectivity index (χ1) is 12.1. The van der Waals surface area contributed by atoms with Crippen LogP contribution in [0.5, 0.6) is 5.75 Å². The van der Waals surface area contributed by atoms with Gasteiger partial charge in [0.05, 0.1) is 5.56 Å². The van der Waals surface area contributed by atoms with Gasteiger partial charge in [0, 0.05) is 21.7 Å². The molecule has 2 atom stereocenters. The SMILES string of the molecule is O=C1OC2(C3=CC=CC(=O)C3Oc3ccc(Cl)cc32)c2ccccc21. The molecule has 0 radical (unpaired) electrons. The van der Waals surface area contributed by atoms with E-state index in [0.717, 1.165) is 0 Å². The molecule has 25 heavy (non-hydrogen) atoms. The Kier molecular flexibility index (Phi) is 2.80. The maximum absolute atomic E-state index is 12.6. The molecule has 0 aromatic heterocycles. The molecule has 0 fully saturated rings. The third-order valence-electron chi connectivity index (χ3n) is 4.82. The van der Waals surface area contributed by atoms with E-state index < -0.39 is 17.7 Å². The molecule has 2 aromatic rings. The molecular formula is C20H11ClO4. The molecule has 0 amide bonds. The van der Waals surface area contributed by atoms with E-state index in [2.05, 4.69) is 0 Å². The van der Waals surface area contributed by atoms with Gasteiger partial charge in [0.15, 0.2) is 11.7 Å². The molecule has 0 saturated carbocycles. The van der Waals surface area contributed by atoms with Crippen LogP contribution in [0, 0.1) is 0 Å². The standard InChI is InChI=1S/C20H11ClO4/c21-11-8-9-17-15(10-11)20(14-6-3-7-16(22)18(14)24-17)13-5-2-1-4-12(13)19(23)25-20/h1-10,18H. The number of hydrogen-bond acceptors (Lipinski definition) is 4. The Morgan fingerprint density at radius 2 is 1.88 bits per heavy atom. The molecule has 0 bridgehead atoms. The van der Waals surface area contributed by atoms with Gasteiger partial charge in [0.2, 0.25) is 5.78 Å². The van der Waals surface area contributed by atoms with Crippen LogP contribution in [0.4, 0.5) is 0 Å². The summed E-state index contributed by atoms with van der Waals surface area (Å²) < 4.78 is 11.8. The summed E-state index contributed by atoms with van der Waals surface area (Å²) in [5, 5.41) is 0.499. The molecule has 0 saturated heterocycles. The number of esters is 1. The van der Waals surface area contributed by atoms with Gasteiger partial charge >= 0.3 is 5.97 Å². The number of rotatable bonds is 0. The third kappa shape index (κ3) is 1.77. The maximum atomic E-state index is 12.6. The normalized spacial score (nSPS) is 25.6. The van der Waals surface area contributed by atoms with Crippen LogP contribution < -0.4 is 4.74 Å². The van der Waals surface area contributed by atoms with Crippen LogP contribution in [0.1, 0.15) is 21.5 Å². The fraction of sp³-hybridized carbons (Fsp3) is 0.100. The summed E-state index contributed by atoms with van der Waals surface area (Å²) >= 11 is 6.21. The summed E-state index contributed by atoms with van der Waals surface area (Å²) in [7, 11) is 0. The van der Waals surface area contributed by atoms with E-state index in [9.17, 15) is 9.59 Å². The first-order valence-electron chi connectivity index (χ1n) is 7.83. The molecule has 2 unspecified atom stereocenters. The molecule has 1 spiro atoms. The second kappa shape index (κ2) is 4.83. The van der Waals surface area contributed by atoms with Gasteiger partial charge in [-0.05, 0) is 30.3 Å². The number of carbonyl (C=O) groups is 2. The molecule has 1 aliphatic carbocycles. The zero-order chi connectivity index (χ0) is 17.2. The highest BCUT2D eigenvalue weighted by atomic mass is 35.5. The Balaban J connectivity index is 1.90. The van der Waals surface area contributed by atoms with Crippen molar-refractivity contribution < 1.29 is 19.1 Å². The average molecular weight is 351 g/mol. The highest BCUT2D eigenvalue weighted by Gasteiger charge is 2.57. The van der Waals surface area contributed by atoms with Crippen molar-refractivity contribution in [1.82, 2.24) is 0 Å². The number of fused-ring (bicyclic) bond motifs is 6. The van der Waals surface area contributed by atoms with Crippen molar-refractivity contribution in [2.75, 3.05) is 0 Å². The Morgan fingerprint density at radius 3 is 2.76 bits per heavy atom. The molecule has 0 N–H and O–H groups in total. The van der Waals surface area contributed by atoms with Gasteiger partial charge in [0.25, 0.3) is 0 Å².